The van der Waals surface area contributed by atoms with Gasteiger partial charge in [-0.15, -0.1) is 0 Å². The van der Waals surface area contributed by atoms with Crippen molar-refractivity contribution in [3.05, 3.63) is 39.4 Å². The third-order valence-corrected chi connectivity index (χ3v) is 9.36. The van der Waals surface area contributed by atoms with Crippen molar-refractivity contribution in [3.8, 4) is 34.8 Å². The molecular formula is C32H38N4O8. The number of methoxy groups -OCH3 is 2. The SMILES string of the molecule is COCOc1c(OC)c(C)cc2c1[C@@H]1C3Cc4c(OC(C)=O)c(C)c5c(c4[C@H](CNC(C)=O)N3[C@@H](C#N)[C@H](C2)N1C)OCO5. The number of fused-ring (bicyclic) bond motifs is 9. The van der Waals surface area contributed by atoms with Gasteiger partial charge in [-0.25, -0.2) is 0 Å². The summed E-state index contributed by atoms with van der Waals surface area (Å²) in [5.74, 6) is 2.09. The molecule has 4 heterocycles. The van der Waals surface area contributed by atoms with Gasteiger partial charge >= 0.3 is 5.97 Å². The summed E-state index contributed by atoms with van der Waals surface area (Å²) in [7, 11) is 5.24. The van der Waals surface area contributed by atoms with Crippen LogP contribution in [0.4, 0.5) is 0 Å². The molecule has 2 bridgehead atoms. The molecule has 44 heavy (non-hydrogen) atoms. The number of carbonyl (C=O) groups is 2. The Kier molecular flexibility index (Phi) is 7.82. The van der Waals surface area contributed by atoms with Crippen LogP contribution in [0.3, 0.4) is 0 Å². The second-order valence-electron chi connectivity index (χ2n) is 11.8. The molecule has 2 aromatic carbocycles. The van der Waals surface area contributed by atoms with Crippen LogP contribution in [0.15, 0.2) is 6.07 Å². The van der Waals surface area contributed by atoms with Crippen molar-refractivity contribution in [2.45, 2.75) is 70.7 Å². The molecular weight excluding hydrogens is 568 g/mol. The minimum atomic E-state index is -0.525. The lowest BCUT2D eigenvalue weighted by atomic mass is 9.71. The highest BCUT2D eigenvalue weighted by Crippen LogP contribution is 2.58. The van der Waals surface area contributed by atoms with E-state index < -0.39 is 18.1 Å². The van der Waals surface area contributed by atoms with Gasteiger partial charge in [0.15, 0.2) is 29.8 Å². The van der Waals surface area contributed by atoms with Gasteiger partial charge < -0.3 is 33.7 Å². The summed E-state index contributed by atoms with van der Waals surface area (Å²) in [6.45, 7) is 6.95. The molecule has 0 aromatic heterocycles. The van der Waals surface area contributed by atoms with Gasteiger partial charge in [0.1, 0.15) is 11.8 Å². The van der Waals surface area contributed by atoms with Gasteiger partial charge in [-0.1, -0.05) is 6.07 Å². The van der Waals surface area contributed by atoms with Crippen molar-refractivity contribution >= 4 is 11.9 Å². The molecule has 1 unspecified atom stereocenters. The van der Waals surface area contributed by atoms with E-state index in [1.165, 1.54) is 13.8 Å². The number of carbonyl (C=O) groups excluding carboxylic acids is 2. The monoisotopic (exact) mass is 606 g/mol. The molecule has 5 atom stereocenters. The molecule has 12 heteroatoms. The lowest BCUT2D eigenvalue weighted by Gasteiger charge is -2.60. The van der Waals surface area contributed by atoms with Crippen LogP contribution >= 0.6 is 0 Å². The third kappa shape index (κ3) is 4.53. The number of likely N-dealkylation sites (N-methyl/N-ethyl adjacent to an activating group) is 1. The van der Waals surface area contributed by atoms with Crippen LogP contribution in [0.5, 0.6) is 28.7 Å². The average Bonchev–Trinajstić information content (AvgIpc) is 3.47. The molecule has 1 N–H and O–H groups in total. The molecule has 0 spiro atoms. The Bertz CT molecular complexity index is 1570. The number of ether oxygens (including phenoxy) is 6. The van der Waals surface area contributed by atoms with Crippen LogP contribution in [0.2, 0.25) is 0 Å². The van der Waals surface area contributed by atoms with E-state index in [4.69, 9.17) is 28.4 Å². The number of aryl methyl sites for hydroxylation is 1. The molecule has 2 aromatic rings. The smallest absolute Gasteiger partial charge is 0.308 e. The number of piperazine rings is 1. The van der Waals surface area contributed by atoms with E-state index in [0.717, 1.165) is 27.8 Å². The molecule has 1 saturated heterocycles. The minimum absolute atomic E-state index is 0.0187. The quantitative estimate of drug-likeness (QED) is 0.284. The first-order valence-corrected chi connectivity index (χ1v) is 14.7. The predicted octanol–water partition coefficient (Wildman–Crippen LogP) is 2.86. The molecule has 12 nitrogen and oxygen atoms in total. The van der Waals surface area contributed by atoms with Crippen molar-refractivity contribution in [1.29, 1.82) is 5.26 Å². The molecule has 1 fully saturated rings. The Hall–Kier alpha value is -4.05. The zero-order chi connectivity index (χ0) is 31.4. The maximum Gasteiger partial charge on any atom is 0.308 e. The molecule has 4 aliphatic rings. The summed E-state index contributed by atoms with van der Waals surface area (Å²) >= 11 is 0. The molecule has 0 saturated carbocycles. The standard InChI is InChI=1S/C32H38N4O8/c1-15-8-19-9-21-23(11-33)36-22(27(35(21)5)25(19)31(28(15)40-7)41-13-39-6)10-20-26(24(36)12-34-17(3)37)32-30(42-14-43-32)16(2)29(20)44-18(4)38/h8,21-24,27H,9-10,12-14H2,1-7H3,(H,34,37)/t21-,22?,23-,24-,27-/m0/s1. The summed E-state index contributed by atoms with van der Waals surface area (Å²) in [6, 6.07) is 3.08. The topological polar surface area (TPSA) is 132 Å². The maximum atomic E-state index is 12.4. The molecule has 1 amide bonds. The molecule has 234 valence electrons. The Morgan fingerprint density at radius 3 is 2.48 bits per heavy atom. The van der Waals surface area contributed by atoms with E-state index in [9.17, 15) is 14.9 Å². The summed E-state index contributed by atoms with van der Waals surface area (Å²) < 4.78 is 35.2. The fourth-order valence-corrected chi connectivity index (χ4v) is 7.79. The number of benzene rings is 2. The number of esters is 1. The molecule has 4 aliphatic heterocycles. The first kappa shape index (κ1) is 30.0. The summed E-state index contributed by atoms with van der Waals surface area (Å²) in [5.41, 5.74) is 5.24. The number of hydrogen-bond donors (Lipinski definition) is 1. The van der Waals surface area contributed by atoms with Crippen LogP contribution in [0.1, 0.15) is 59.3 Å². The van der Waals surface area contributed by atoms with E-state index in [2.05, 4.69) is 27.3 Å². The summed E-state index contributed by atoms with van der Waals surface area (Å²) in [5, 5.41) is 13.8. The van der Waals surface area contributed by atoms with E-state index in [-0.39, 0.29) is 44.2 Å². The van der Waals surface area contributed by atoms with Gasteiger partial charge in [0, 0.05) is 61.8 Å². The number of nitriles is 1. The Balaban J connectivity index is 1.62. The van der Waals surface area contributed by atoms with Gasteiger partial charge in [0.2, 0.25) is 12.7 Å². The largest absolute Gasteiger partial charge is 0.493 e. The van der Waals surface area contributed by atoms with Gasteiger partial charge in [0.05, 0.1) is 25.3 Å². The van der Waals surface area contributed by atoms with Crippen molar-refractivity contribution in [1.82, 2.24) is 15.1 Å². The lowest BCUT2D eigenvalue weighted by molar-refractivity contribution is -0.132. The average molecular weight is 607 g/mol. The zero-order valence-corrected chi connectivity index (χ0v) is 26.1. The summed E-state index contributed by atoms with van der Waals surface area (Å²) in [4.78, 5) is 29.2. The van der Waals surface area contributed by atoms with Crippen LogP contribution in [0, 0.1) is 25.2 Å². The minimum Gasteiger partial charge on any atom is -0.493 e. The molecule has 0 aliphatic carbocycles. The van der Waals surface area contributed by atoms with E-state index in [1.54, 1.807) is 14.2 Å². The van der Waals surface area contributed by atoms with Crippen molar-refractivity contribution < 1.29 is 38.0 Å². The highest BCUT2D eigenvalue weighted by molar-refractivity contribution is 5.75. The van der Waals surface area contributed by atoms with E-state index in [0.29, 0.717) is 47.2 Å². The Morgan fingerprint density at radius 2 is 1.82 bits per heavy atom. The predicted molar refractivity (Wildman–Crippen MR) is 157 cm³/mol. The number of amides is 1. The number of nitrogens with one attached hydrogen (secondary N) is 1. The van der Waals surface area contributed by atoms with Gasteiger partial charge in [-0.2, -0.15) is 5.26 Å². The summed E-state index contributed by atoms with van der Waals surface area (Å²) in [6.07, 6.45) is 1.05. The van der Waals surface area contributed by atoms with Gasteiger partial charge in [-0.3, -0.25) is 19.4 Å². The molecule has 6 rings (SSSR count). The van der Waals surface area contributed by atoms with E-state index >= 15 is 0 Å². The van der Waals surface area contributed by atoms with Crippen LogP contribution < -0.4 is 29.0 Å². The number of hydrogen-bond acceptors (Lipinski definition) is 11. The normalized spacial score (nSPS) is 24.8. The first-order valence-electron chi connectivity index (χ1n) is 14.7. The van der Waals surface area contributed by atoms with Crippen molar-refractivity contribution in [3.63, 3.8) is 0 Å². The van der Waals surface area contributed by atoms with Gasteiger partial charge in [0.25, 0.3) is 0 Å². The Labute approximate surface area is 256 Å². The van der Waals surface area contributed by atoms with E-state index in [1.807, 2.05) is 20.9 Å². The Morgan fingerprint density at radius 1 is 1.07 bits per heavy atom. The van der Waals surface area contributed by atoms with Crippen LogP contribution in [-0.4, -0.2) is 81.2 Å². The number of rotatable bonds is 7. The highest BCUT2D eigenvalue weighted by atomic mass is 16.7. The second kappa shape index (κ2) is 11.5. The second-order valence-corrected chi connectivity index (χ2v) is 11.8. The molecule has 0 radical (unpaired) electrons. The fourth-order valence-electron chi connectivity index (χ4n) is 7.79. The zero-order valence-electron chi connectivity index (χ0n) is 26.1. The van der Waals surface area contributed by atoms with Crippen LogP contribution in [-0.2, 0) is 27.2 Å². The van der Waals surface area contributed by atoms with Crippen LogP contribution in [0.25, 0.3) is 0 Å². The third-order valence-electron chi connectivity index (χ3n) is 9.36. The van der Waals surface area contributed by atoms with Crippen molar-refractivity contribution in [2.24, 2.45) is 0 Å². The highest BCUT2D eigenvalue weighted by Gasteiger charge is 2.57. The number of nitrogens with zero attached hydrogens (tertiary/aromatic N) is 3. The van der Waals surface area contributed by atoms with Crippen molar-refractivity contribution in [2.75, 3.05) is 41.4 Å². The fraction of sp³-hybridized carbons (Fsp3) is 0.531. The first-order chi connectivity index (χ1) is 21.1. The maximum absolute atomic E-state index is 12.4. The lowest BCUT2D eigenvalue weighted by Crippen LogP contribution is -2.68. The van der Waals surface area contributed by atoms with Gasteiger partial charge in [-0.05, 0) is 44.9 Å².